The van der Waals surface area contributed by atoms with E-state index in [1.165, 1.54) is 0 Å². The zero-order valence-corrected chi connectivity index (χ0v) is 11.3. The average Bonchev–Trinajstić information content (AvgIpc) is 2.81. The second-order valence-electron chi connectivity index (χ2n) is 4.38. The highest BCUT2D eigenvalue weighted by Crippen LogP contribution is 2.24. The lowest BCUT2D eigenvalue weighted by molar-refractivity contribution is -0.121. The second-order valence-corrected chi connectivity index (χ2v) is 5.23. The summed E-state index contributed by atoms with van der Waals surface area (Å²) in [6.07, 6.45) is 0.626. The monoisotopic (exact) mass is 311 g/mol. The van der Waals surface area contributed by atoms with Gasteiger partial charge in [-0.05, 0) is 40.5 Å². The minimum Gasteiger partial charge on any atom is -0.399 e. The highest BCUT2D eigenvalue weighted by atomic mass is 79.9. The van der Waals surface area contributed by atoms with Crippen molar-refractivity contribution in [2.75, 3.05) is 18.8 Å². The second kappa shape index (κ2) is 4.97. The molecule has 1 aromatic carbocycles. The van der Waals surface area contributed by atoms with Gasteiger partial charge in [0.15, 0.2) is 0 Å². The van der Waals surface area contributed by atoms with Crippen molar-refractivity contribution in [3.8, 4) is 0 Å². The van der Waals surface area contributed by atoms with E-state index in [4.69, 9.17) is 11.5 Å². The first-order chi connectivity index (χ1) is 8.49. The van der Waals surface area contributed by atoms with Gasteiger partial charge in [-0.3, -0.25) is 9.59 Å². The predicted octanol–water partition coefficient (Wildman–Crippen LogP) is 0.979. The Hall–Kier alpha value is -1.56. The predicted molar refractivity (Wildman–Crippen MR) is 71.8 cm³/mol. The fraction of sp³-hybridized carbons (Fsp3) is 0.333. The summed E-state index contributed by atoms with van der Waals surface area (Å²) in [6.45, 7) is 0.934. The summed E-state index contributed by atoms with van der Waals surface area (Å²) < 4.78 is 0.698. The number of rotatable bonds is 2. The van der Waals surface area contributed by atoms with Gasteiger partial charge in [0.05, 0.1) is 11.5 Å². The average molecular weight is 312 g/mol. The van der Waals surface area contributed by atoms with Crippen molar-refractivity contribution in [2.45, 2.75) is 6.42 Å². The van der Waals surface area contributed by atoms with Crippen LogP contribution in [0, 0.1) is 5.92 Å². The smallest absolute Gasteiger partial charge is 0.255 e. The fourth-order valence-corrected chi connectivity index (χ4v) is 2.47. The molecule has 96 valence electrons. The Bertz CT molecular complexity index is 504. The van der Waals surface area contributed by atoms with Crippen molar-refractivity contribution in [1.29, 1.82) is 0 Å². The van der Waals surface area contributed by atoms with E-state index in [9.17, 15) is 9.59 Å². The maximum atomic E-state index is 12.3. The van der Waals surface area contributed by atoms with Crippen LogP contribution in [-0.2, 0) is 4.79 Å². The highest BCUT2D eigenvalue weighted by molar-refractivity contribution is 9.10. The Morgan fingerprint density at radius 2 is 2.11 bits per heavy atom. The summed E-state index contributed by atoms with van der Waals surface area (Å²) >= 11 is 3.33. The van der Waals surface area contributed by atoms with Crippen molar-refractivity contribution in [3.05, 3.63) is 28.2 Å². The third kappa shape index (κ3) is 2.48. The molecule has 6 heteroatoms. The fourth-order valence-electron chi connectivity index (χ4n) is 2.05. The molecule has 0 bridgehead atoms. The van der Waals surface area contributed by atoms with E-state index in [2.05, 4.69) is 15.9 Å². The molecule has 1 aromatic rings. The summed E-state index contributed by atoms with van der Waals surface area (Å²) in [7, 11) is 0. The van der Waals surface area contributed by atoms with Crippen molar-refractivity contribution >= 4 is 33.4 Å². The molecule has 0 aromatic heterocycles. The van der Waals surface area contributed by atoms with Crippen LogP contribution in [0.1, 0.15) is 16.8 Å². The lowest BCUT2D eigenvalue weighted by Crippen LogP contribution is -2.32. The Kier molecular flexibility index (Phi) is 3.56. The van der Waals surface area contributed by atoms with Crippen molar-refractivity contribution in [2.24, 2.45) is 11.7 Å². The summed E-state index contributed by atoms with van der Waals surface area (Å²) in [6, 6.07) is 5.09. The largest absolute Gasteiger partial charge is 0.399 e. The molecule has 0 radical (unpaired) electrons. The van der Waals surface area contributed by atoms with E-state index in [0.29, 0.717) is 35.2 Å². The number of nitrogens with zero attached hydrogens (tertiary/aromatic N) is 1. The van der Waals surface area contributed by atoms with Gasteiger partial charge in [0.25, 0.3) is 5.91 Å². The Balaban J connectivity index is 2.17. The first-order valence-corrected chi connectivity index (χ1v) is 6.42. The zero-order valence-electron chi connectivity index (χ0n) is 9.73. The first kappa shape index (κ1) is 12.9. The van der Waals surface area contributed by atoms with Gasteiger partial charge in [-0.1, -0.05) is 0 Å². The van der Waals surface area contributed by atoms with Gasteiger partial charge in [0, 0.05) is 23.2 Å². The number of carbonyl (C=O) groups excluding carboxylic acids is 2. The normalized spacial score (nSPS) is 18.9. The van der Waals surface area contributed by atoms with Gasteiger partial charge in [-0.2, -0.15) is 0 Å². The van der Waals surface area contributed by atoms with Crippen LogP contribution in [0.25, 0.3) is 0 Å². The van der Waals surface area contributed by atoms with Gasteiger partial charge in [0.1, 0.15) is 0 Å². The van der Waals surface area contributed by atoms with Crippen LogP contribution in [-0.4, -0.2) is 29.8 Å². The molecular formula is C12H14BrN3O2. The molecule has 5 nitrogen and oxygen atoms in total. The van der Waals surface area contributed by atoms with E-state index in [1.54, 1.807) is 23.1 Å². The van der Waals surface area contributed by atoms with E-state index in [0.717, 1.165) is 0 Å². The molecule has 1 atom stereocenters. The highest BCUT2D eigenvalue weighted by Gasteiger charge is 2.30. The first-order valence-electron chi connectivity index (χ1n) is 5.62. The molecule has 4 N–H and O–H groups in total. The number of nitrogens with two attached hydrogens (primary N) is 2. The number of benzene rings is 1. The quantitative estimate of drug-likeness (QED) is 0.798. The maximum Gasteiger partial charge on any atom is 0.255 e. The van der Waals surface area contributed by atoms with Crippen LogP contribution >= 0.6 is 15.9 Å². The van der Waals surface area contributed by atoms with Crippen LogP contribution in [0.3, 0.4) is 0 Å². The number of halogens is 1. The van der Waals surface area contributed by atoms with E-state index in [-0.39, 0.29) is 17.7 Å². The third-order valence-corrected chi connectivity index (χ3v) is 3.79. The maximum absolute atomic E-state index is 12.3. The summed E-state index contributed by atoms with van der Waals surface area (Å²) in [4.78, 5) is 25.0. The van der Waals surface area contributed by atoms with Crippen molar-refractivity contribution < 1.29 is 9.59 Å². The molecule has 0 aliphatic carbocycles. The Morgan fingerprint density at radius 3 is 2.72 bits per heavy atom. The van der Waals surface area contributed by atoms with Crippen LogP contribution in [0.5, 0.6) is 0 Å². The number of primary amides is 1. The zero-order chi connectivity index (χ0) is 13.3. The van der Waals surface area contributed by atoms with Crippen LogP contribution in [0.2, 0.25) is 0 Å². The Morgan fingerprint density at radius 1 is 1.39 bits per heavy atom. The topological polar surface area (TPSA) is 89.4 Å². The van der Waals surface area contributed by atoms with Crippen LogP contribution in [0.4, 0.5) is 5.69 Å². The van der Waals surface area contributed by atoms with Gasteiger partial charge in [-0.15, -0.1) is 0 Å². The molecule has 18 heavy (non-hydrogen) atoms. The molecule has 0 spiro atoms. The molecule has 1 aliphatic rings. The van der Waals surface area contributed by atoms with Crippen molar-refractivity contribution in [3.63, 3.8) is 0 Å². The minimum absolute atomic E-state index is 0.127. The number of amides is 2. The van der Waals surface area contributed by atoms with Gasteiger partial charge >= 0.3 is 0 Å². The molecule has 1 saturated heterocycles. The standard InChI is InChI=1S/C12H14BrN3O2/c13-10-2-1-8(14)5-9(10)12(18)16-4-3-7(6-16)11(15)17/h1-2,5,7H,3-4,6,14H2,(H2,15,17). The van der Waals surface area contributed by atoms with Gasteiger partial charge in [-0.25, -0.2) is 0 Å². The van der Waals surface area contributed by atoms with Gasteiger partial charge < -0.3 is 16.4 Å². The molecular weight excluding hydrogens is 298 g/mol. The van der Waals surface area contributed by atoms with Crippen molar-refractivity contribution in [1.82, 2.24) is 4.90 Å². The molecule has 1 heterocycles. The minimum atomic E-state index is -0.350. The van der Waals surface area contributed by atoms with Gasteiger partial charge in [0.2, 0.25) is 5.91 Å². The molecule has 1 unspecified atom stereocenters. The van der Waals surface area contributed by atoms with Crippen LogP contribution in [0.15, 0.2) is 22.7 Å². The SMILES string of the molecule is NC(=O)C1CCN(C(=O)c2cc(N)ccc2Br)C1. The van der Waals surface area contributed by atoms with Crippen LogP contribution < -0.4 is 11.5 Å². The van der Waals surface area contributed by atoms with E-state index < -0.39 is 0 Å². The Labute approximate surface area is 113 Å². The van der Waals surface area contributed by atoms with E-state index in [1.807, 2.05) is 0 Å². The number of carbonyl (C=O) groups is 2. The summed E-state index contributed by atoms with van der Waals surface area (Å²) in [5, 5.41) is 0. The number of hydrogen-bond donors (Lipinski definition) is 2. The lowest BCUT2D eigenvalue weighted by Gasteiger charge is -2.17. The summed E-state index contributed by atoms with van der Waals surface area (Å²) in [5.41, 5.74) is 12.0. The molecule has 2 rings (SSSR count). The number of anilines is 1. The number of likely N-dealkylation sites (tertiary alicyclic amines) is 1. The third-order valence-electron chi connectivity index (χ3n) is 3.10. The molecule has 1 fully saturated rings. The summed E-state index contributed by atoms with van der Waals surface area (Å²) in [5.74, 6) is -0.719. The number of hydrogen-bond acceptors (Lipinski definition) is 3. The molecule has 1 aliphatic heterocycles. The van der Waals surface area contributed by atoms with E-state index >= 15 is 0 Å². The number of nitrogen functional groups attached to an aromatic ring is 1. The molecule has 0 saturated carbocycles. The molecule has 2 amide bonds. The lowest BCUT2D eigenvalue weighted by atomic mass is 10.1.